The van der Waals surface area contributed by atoms with Crippen LogP contribution in [-0.2, 0) is 4.74 Å². The van der Waals surface area contributed by atoms with E-state index in [2.05, 4.69) is 36.4 Å². The highest BCUT2D eigenvalue weighted by molar-refractivity contribution is 4.87. The van der Waals surface area contributed by atoms with Crippen molar-refractivity contribution < 1.29 is 4.74 Å². The highest BCUT2D eigenvalue weighted by atomic mass is 16.5. The van der Waals surface area contributed by atoms with Crippen molar-refractivity contribution in [3.8, 4) is 0 Å². The molecule has 2 N–H and O–H groups in total. The Morgan fingerprint density at radius 1 is 1.44 bits per heavy atom. The van der Waals surface area contributed by atoms with Crippen LogP contribution in [0.25, 0.3) is 0 Å². The zero-order valence-corrected chi connectivity index (χ0v) is 12.2. The quantitative estimate of drug-likeness (QED) is 0.752. The highest BCUT2D eigenvalue weighted by Gasteiger charge is 2.33. The number of nitrogens with zero attached hydrogens (tertiary/aromatic N) is 1. The molecular weight excluding hydrogens is 226 g/mol. The third-order valence-corrected chi connectivity index (χ3v) is 4.45. The van der Waals surface area contributed by atoms with Gasteiger partial charge in [-0.2, -0.15) is 0 Å². The van der Waals surface area contributed by atoms with Crippen LogP contribution in [0, 0.1) is 11.3 Å². The van der Waals surface area contributed by atoms with E-state index in [4.69, 9.17) is 4.74 Å². The summed E-state index contributed by atoms with van der Waals surface area (Å²) in [7, 11) is 2.23. The monoisotopic (exact) mass is 255 g/mol. The highest BCUT2D eigenvalue weighted by Crippen LogP contribution is 2.33. The molecule has 2 rings (SSSR count). The number of rotatable bonds is 5. The van der Waals surface area contributed by atoms with Crippen LogP contribution >= 0.6 is 0 Å². The van der Waals surface area contributed by atoms with Crippen LogP contribution in [0.5, 0.6) is 0 Å². The first-order chi connectivity index (χ1) is 8.58. The third kappa shape index (κ3) is 3.92. The van der Waals surface area contributed by atoms with Crippen LogP contribution in [0.15, 0.2) is 0 Å². The molecule has 0 bridgehead atoms. The Balaban J connectivity index is 1.68. The second-order valence-electron chi connectivity index (χ2n) is 6.56. The minimum Gasteiger partial charge on any atom is -0.374 e. The summed E-state index contributed by atoms with van der Waals surface area (Å²) >= 11 is 0. The lowest BCUT2D eigenvalue weighted by Gasteiger charge is -2.33. The van der Waals surface area contributed by atoms with Crippen molar-refractivity contribution in [2.45, 2.75) is 26.4 Å². The molecule has 106 valence electrons. The van der Waals surface area contributed by atoms with E-state index in [1.165, 1.54) is 19.5 Å². The lowest BCUT2D eigenvalue weighted by Crippen LogP contribution is -2.46. The Morgan fingerprint density at radius 3 is 2.89 bits per heavy atom. The van der Waals surface area contributed by atoms with Crippen LogP contribution < -0.4 is 10.6 Å². The van der Waals surface area contributed by atoms with E-state index >= 15 is 0 Å². The van der Waals surface area contributed by atoms with Gasteiger partial charge in [0.2, 0.25) is 0 Å². The molecule has 0 aliphatic carbocycles. The zero-order valence-electron chi connectivity index (χ0n) is 12.2. The fraction of sp³-hybridized carbons (Fsp3) is 1.00. The fourth-order valence-electron chi connectivity index (χ4n) is 3.02. The molecule has 2 atom stereocenters. The van der Waals surface area contributed by atoms with Gasteiger partial charge in [-0.1, -0.05) is 13.8 Å². The van der Waals surface area contributed by atoms with Crippen molar-refractivity contribution in [2.75, 3.05) is 52.9 Å². The molecular formula is C14H29N3O. The second-order valence-corrected chi connectivity index (χ2v) is 6.56. The van der Waals surface area contributed by atoms with Crippen molar-refractivity contribution in [1.29, 1.82) is 0 Å². The van der Waals surface area contributed by atoms with Crippen LogP contribution in [0.2, 0.25) is 0 Å². The molecule has 2 aliphatic rings. The molecule has 0 saturated carbocycles. The molecule has 2 fully saturated rings. The third-order valence-electron chi connectivity index (χ3n) is 4.45. The molecule has 2 unspecified atom stereocenters. The van der Waals surface area contributed by atoms with Crippen LogP contribution in [0.1, 0.15) is 20.3 Å². The van der Waals surface area contributed by atoms with Gasteiger partial charge in [-0.05, 0) is 31.3 Å². The molecule has 2 saturated heterocycles. The predicted molar refractivity (Wildman–Crippen MR) is 74.9 cm³/mol. The van der Waals surface area contributed by atoms with Crippen LogP contribution in [0.3, 0.4) is 0 Å². The van der Waals surface area contributed by atoms with Crippen molar-refractivity contribution in [2.24, 2.45) is 11.3 Å². The Kier molecular flexibility index (Phi) is 5.01. The standard InChI is InChI=1S/C14H29N3O/c1-14(2,12-4-6-17(3)10-12)11-16-9-13-8-15-5-7-18-13/h12-13,15-16H,4-11H2,1-3H3. The van der Waals surface area contributed by atoms with Crippen molar-refractivity contribution in [3.05, 3.63) is 0 Å². The summed E-state index contributed by atoms with van der Waals surface area (Å²) in [6.07, 6.45) is 1.69. The second kappa shape index (κ2) is 6.33. The molecule has 2 aliphatic heterocycles. The van der Waals surface area contributed by atoms with E-state index in [9.17, 15) is 0 Å². The predicted octanol–water partition coefficient (Wildman–Crippen LogP) is 0.542. The molecule has 0 aromatic heterocycles. The average Bonchev–Trinajstić information content (AvgIpc) is 2.78. The summed E-state index contributed by atoms with van der Waals surface area (Å²) in [4.78, 5) is 2.45. The molecule has 4 nitrogen and oxygen atoms in total. The SMILES string of the molecule is CN1CCC(C(C)(C)CNCC2CNCCO2)C1. The summed E-state index contributed by atoms with van der Waals surface area (Å²) in [5.74, 6) is 0.820. The van der Waals surface area contributed by atoms with Gasteiger partial charge in [0.1, 0.15) is 0 Å². The molecule has 0 aromatic rings. The van der Waals surface area contributed by atoms with E-state index in [-0.39, 0.29) is 0 Å². The first-order valence-corrected chi connectivity index (χ1v) is 7.29. The first-order valence-electron chi connectivity index (χ1n) is 7.29. The molecule has 4 heteroatoms. The van der Waals surface area contributed by atoms with Crippen LogP contribution in [-0.4, -0.2) is 63.9 Å². The summed E-state index contributed by atoms with van der Waals surface area (Å²) in [6, 6.07) is 0. The molecule has 0 radical (unpaired) electrons. The summed E-state index contributed by atoms with van der Waals surface area (Å²) in [5, 5.41) is 6.98. The van der Waals surface area contributed by atoms with Gasteiger partial charge in [-0.3, -0.25) is 0 Å². The van der Waals surface area contributed by atoms with Crippen molar-refractivity contribution in [3.63, 3.8) is 0 Å². The van der Waals surface area contributed by atoms with Crippen molar-refractivity contribution in [1.82, 2.24) is 15.5 Å². The lowest BCUT2D eigenvalue weighted by atomic mass is 9.78. The van der Waals surface area contributed by atoms with Gasteiger partial charge in [0.05, 0.1) is 12.7 Å². The van der Waals surface area contributed by atoms with E-state index in [0.717, 1.165) is 38.7 Å². The first kappa shape index (κ1) is 14.3. The number of hydrogen-bond donors (Lipinski definition) is 2. The van der Waals surface area contributed by atoms with E-state index < -0.39 is 0 Å². The van der Waals surface area contributed by atoms with E-state index in [1.807, 2.05) is 0 Å². The van der Waals surface area contributed by atoms with Crippen molar-refractivity contribution >= 4 is 0 Å². The molecule has 0 amide bonds. The van der Waals surface area contributed by atoms with E-state index in [1.54, 1.807) is 0 Å². The molecule has 18 heavy (non-hydrogen) atoms. The smallest absolute Gasteiger partial charge is 0.0824 e. The van der Waals surface area contributed by atoms with Gasteiger partial charge >= 0.3 is 0 Å². The van der Waals surface area contributed by atoms with E-state index in [0.29, 0.717) is 11.5 Å². The van der Waals surface area contributed by atoms with Gasteiger partial charge < -0.3 is 20.3 Å². The minimum atomic E-state index is 0.348. The van der Waals surface area contributed by atoms with Gasteiger partial charge in [-0.25, -0.2) is 0 Å². The normalized spacial score (nSPS) is 30.8. The maximum Gasteiger partial charge on any atom is 0.0824 e. The number of nitrogens with one attached hydrogen (secondary N) is 2. The number of hydrogen-bond acceptors (Lipinski definition) is 4. The lowest BCUT2D eigenvalue weighted by molar-refractivity contribution is 0.0270. The Labute approximate surface area is 111 Å². The summed E-state index contributed by atoms with van der Waals surface area (Å²) < 4.78 is 5.70. The van der Waals surface area contributed by atoms with Gasteiger partial charge in [0, 0.05) is 32.7 Å². The maximum absolute atomic E-state index is 5.70. The Bertz CT molecular complexity index is 251. The van der Waals surface area contributed by atoms with Crippen LogP contribution in [0.4, 0.5) is 0 Å². The maximum atomic E-state index is 5.70. The largest absolute Gasteiger partial charge is 0.374 e. The number of ether oxygens (including phenoxy) is 1. The van der Waals surface area contributed by atoms with Gasteiger partial charge in [0.15, 0.2) is 0 Å². The fourth-order valence-corrected chi connectivity index (χ4v) is 3.02. The minimum absolute atomic E-state index is 0.348. The zero-order chi connectivity index (χ0) is 13.0. The topological polar surface area (TPSA) is 36.5 Å². The van der Waals surface area contributed by atoms with Gasteiger partial charge in [0.25, 0.3) is 0 Å². The number of likely N-dealkylation sites (tertiary alicyclic amines) is 1. The number of morpholine rings is 1. The Morgan fingerprint density at radius 2 is 2.28 bits per heavy atom. The van der Waals surface area contributed by atoms with Gasteiger partial charge in [-0.15, -0.1) is 0 Å². The molecule has 0 spiro atoms. The molecule has 2 heterocycles. The molecule has 0 aromatic carbocycles. The average molecular weight is 255 g/mol. The summed E-state index contributed by atoms with van der Waals surface area (Å²) in [6.45, 7) is 12.2. The Hall–Kier alpha value is -0.160. The summed E-state index contributed by atoms with van der Waals surface area (Å²) in [5.41, 5.74) is 0.382.